The minimum atomic E-state index is -0.247. The van der Waals surface area contributed by atoms with Crippen molar-refractivity contribution < 1.29 is 4.39 Å². The van der Waals surface area contributed by atoms with Gasteiger partial charge in [-0.3, -0.25) is 4.79 Å². The summed E-state index contributed by atoms with van der Waals surface area (Å²) in [4.78, 5) is 18.8. The van der Waals surface area contributed by atoms with E-state index in [9.17, 15) is 9.18 Å². The maximum Gasteiger partial charge on any atom is 0.251 e. The van der Waals surface area contributed by atoms with Crippen molar-refractivity contribution in [3.63, 3.8) is 0 Å². The minimum absolute atomic E-state index is 0.133. The van der Waals surface area contributed by atoms with Gasteiger partial charge in [-0.1, -0.05) is 37.7 Å². The highest BCUT2D eigenvalue weighted by Crippen LogP contribution is 2.20. The van der Waals surface area contributed by atoms with Crippen LogP contribution < -0.4 is 5.56 Å². The van der Waals surface area contributed by atoms with Crippen LogP contribution in [0.25, 0.3) is 0 Å². The van der Waals surface area contributed by atoms with Gasteiger partial charge in [-0.25, -0.2) is 9.37 Å². The predicted octanol–water partition coefficient (Wildman–Crippen LogP) is 3.84. The molecule has 1 aromatic carbocycles. The second-order valence-electron chi connectivity index (χ2n) is 4.82. The van der Waals surface area contributed by atoms with E-state index in [-0.39, 0.29) is 11.4 Å². The van der Waals surface area contributed by atoms with Crippen LogP contribution in [0.3, 0.4) is 0 Å². The van der Waals surface area contributed by atoms with E-state index in [1.165, 1.54) is 30.0 Å². The van der Waals surface area contributed by atoms with E-state index in [1.54, 1.807) is 23.9 Å². The van der Waals surface area contributed by atoms with Crippen LogP contribution in [0, 0.1) is 5.82 Å². The number of rotatable bonds is 6. The number of halogens is 1. The van der Waals surface area contributed by atoms with Gasteiger partial charge in [0.25, 0.3) is 5.56 Å². The molecule has 112 valence electrons. The summed E-state index contributed by atoms with van der Waals surface area (Å²) in [5, 5.41) is 1.10. The predicted molar refractivity (Wildman–Crippen MR) is 87.2 cm³/mol. The third kappa shape index (κ3) is 5.55. The largest absolute Gasteiger partial charge is 0.301 e. The summed E-state index contributed by atoms with van der Waals surface area (Å²) >= 11 is 3.20. The smallest absolute Gasteiger partial charge is 0.251 e. The van der Waals surface area contributed by atoms with Gasteiger partial charge in [-0.2, -0.15) is 11.8 Å². The van der Waals surface area contributed by atoms with Crippen LogP contribution in [0.2, 0.25) is 0 Å². The van der Waals surface area contributed by atoms with Crippen LogP contribution >= 0.6 is 23.5 Å². The van der Waals surface area contributed by atoms with Crippen molar-refractivity contribution in [2.24, 2.45) is 0 Å². The second kappa shape index (κ2) is 7.66. The maximum absolute atomic E-state index is 12.8. The molecule has 0 amide bonds. The molecular formula is C15H17FN2OS2. The number of nitrogens with zero attached hydrogens (tertiary/aromatic N) is 1. The van der Waals surface area contributed by atoms with Gasteiger partial charge in [0.15, 0.2) is 5.16 Å². The zero-order chi connectivity index (χ0) is 15.2. The number of benzene rings is 1. The lowest BCUT2D eigenvalue weighted by Crippen LogP contribution is -2.10. The molecule has 0 bridgehead atoms. The number of aromatic nitrogens is 2. The second-order valence-corrected chi connectivity index (χ2v) is 7.35. The molecule has 0 unspecified atom stereocenters. The van der Waals surface area contributed by atoms with Crippen LogP contribution in [-0.4, -0.2) is 15.2 Å². The van der Waals surface area contributed by atoms with E-state index in [2.05, 4.69) is 23.8 Å². The van der Waals surface area contributed by atoms with Crippen LogP contribution in [0.15, 0.2) is 40.3 Å². The van der Waals surface area contributed by atoms with E-state index in [1.807, 2.05) is 0 Å². The van der Waals surface area contributed by atoms with Crippen molar-refractivity contribution in [1.29, 1.82) is 0 Å². The molecule has 2 aromatic rings. The maximum atomic E-state index is 12.8. The fourth-order valence-electron chi connectivity index (χ4n) is 1.61. The molecule has 0 aliphatic carbocycles. The van der Waals surface area contributed by atoms with E-state index in [0.29, 0.717) is 16.2 Å². The SMILES string of the molecule is CC(C)SCc1cc(=O)[nH]c(SCc2ccc(F)cc2)n1. The zero-order valence-corrected chi connectivity index (χ0v) is 13.6. The zero-order valence-electron chi connectivity index (χ0n) is 11.9. The van der Waals surface area contributed by atoms with E-state index in [0.717, 1.165) is 17.0 Å². The Morgan fingerprint density at radius 2 is 1.95 bits per heavy atom. The number of H-pyrrole nitrogens is 1. The van der Waals surface area contributed by atoms with E-state index < -0.39 is 0 Å². The topological polar surface area (TPSA) is 45.8 Å². The third-order valence-corrected chi connectivity index (χ3v) is 4.70. The van der Waals surface area contributed by atoms with E-state index >= 15 is 0 Å². The number of hydrogen-bond donors (Lipinski definition) is 1. The summed E-state index contributed by atoms with van der Waals surface area (Å²) in [5.41, 5.74) is 1.65. The summed E-state index contributed by atoms with van der Waals surface area (Å²) < 4.78 is 12.8. The Hall–Kier alpha value is -1.27. The van der Waals surface area contributed by atoms with Crippen molar-refractivity contribution in [3.8, 4) is 0 Å². The lowest BCUT2D eigenvalue weighted by atomic mass is 10.2. The molecule has 0 aliphatic heterocycles. The molecule has 0 saturated carbocycles. The fraction of sp³-hybridized carbons (Fsp3) is 0.333. The van der Waals surface area contributed by atoms with Crippen molar-refractivity contribution in [2.45, 2.75) is 35.8 Å². The summed E-state index contributed by atoms with van der Waals surface area (Å²) in [7, 11) is 0. The lowest BCUT2D eigenvalue weighted by molar-refractivity contribution is 0.627. The molecule has 0 radical (unpaired) electrons. The van der Waals surface area contributed by atoms with Gasteiger partial charge in [-0.05, 0) is 22.9 Å². The van der Waals surface area contributed by atoms with Gasteiger partial charge in [0, 0.05) is 17.6 Å². The molecule has 0 atom stereocenters. The van der Waals surface area contributed by atoms with Crippen LogP contribution in [0.1, 0.15) is 25.1 Å². The number of aromatic amines is 1. The summed E-state index contributed by atoms with van der Waals surface area (Å²) in [6.45, 7) is 4.23. The molecule has 0 aliphatic rings. The quantitative estimate of drug-likeness (QED) is 0.648. The summed E-state index contributed by atoms with van der Waals surface area (Å²) in [5.74, 6) is 1.12. The molecule has 1 aromatic heterocycles. The average molecular weight is 324 g/mol. The fourth-order valence-corrected chi connectivity index (χ4v) is 3.11. The summed E-state index contributed by atoms with van der Waals surface area (Å²) in [6.07, 6.45) is 0. The standard InChI is InChI=1S/C15H17FN2OS2/c1-10(2)20-9-13-7-14(19)18-15(17-13)21-8-11-3-5-12(16)6-4-11/h3-7,10H,8-9H2,1-2H3,(H,17,18,19). The highest BCUT2D eigenvalue weighted by atomic mass is 32.2. The summed E-state index contributed by atoms with van der Waals surface area (Å²) in [6, 6.07) is 7.87. The monoisotopic (exact) mass is 324 g/mol. The molecule has 1 N–H and O–H groups in total. The first kappa shape index (κ1) is 16.1. The Kier molecular flexibility index (Phi) is 5.87. The Bertz CT molecular complexity index is 641. The Labute approximate surface area is 131 Å². The van der Waals surface area contributed by atoms with Crippen molar-refractivity contribution in [1.82, 2.24) is 9.97 Å². The average Bonchev–Trinajstić information content (AvgIpc) is 2.44. The van der Waals surface area contributed by atoms with Gasteiger partial charge in [0.05, 0.1) is 5.69 Å². The van der Waals surface area contributed by atoms with Crippen molar-refractivity contribution in [3.05, 3.63) is 57.8 Å². The van der Waals surface area contributed by atoms with Gasteiger partial charge in [0.1, 0.15) is 5.82 Å². The molecule has 0 saturated heterocycles. The highest BCUT2D eigenvalue weighted by molar-refractivity contribution is 7.99. The Balaban J connectivity index is 2.02. The Morgan fingerprint density at radius 3 is 2.62 bits per heavy atom. The van der Waals surface area contributed by atoms with Crippen molar-refractivity contribution in [2.75, 3.05) is 0 Å². The normalized spacial score (nSPS) is 11.0. The molecule has 2 rings (SSSR count). The highest BCUT2D eigenvalue weighted by Gasteiger charge is 2.05. The van der Waals surface area contributed by atoms with Gasteiger partial charge in [0.2, 0.25) is 0 Å². The third-order valence-electron chi connectivity index (χ3n) is 2.63. The number of nitrogens with one attached hydrogen (secondary N) is 1. The van der Waals surface area contributed by atoms with E-state index in [4.69, 9.17) is 0 Å². The molecular weight excluding hydrogens is 307 g/mol. The first-order chi connectivity index (χ1) is 10.0. The van der Waals surface area contributed by atoms with Crippen LogP contribution in [0.5, 0.6) is 0 Å². The minimum Gasteiger partial charge on any atom is -0.301 e. The van der Waals surface area contributed by atoms with Gasteiger partial charge >= 0.3 is 0 Å². The van der Waals surface area contributed by atoms with Crippen molar-refractivity contribution >= 4 is 23.5 Å². The lowest BCUT2D eigenvalue weighted by Gasteiger charge is -2.06. The molecule has 0 fully saturated rings. The number of thioether (sulfide) groups is 2. The molecule has 3 nitrogen and oxygen atoms in total. The molecule has 21 heavy (non-hydrogen) atoms. The van der Waals surface area contributed by atoms with Crippen LogP contribution in [-0.2, 0) is 11.5 Å². The number of hydrogen-bond acceptors (Lipinski definition) is 4. The van der Waals surface area contributed by atoms with Crippen LogP contribution in [0.4, 0.5) is 4.39 Å². The Morgan fingerprint density at radius 1 is 1.24 bits per heavy atom. The molecule has 1 heterocycles. The van der Waals surface area contributed by atoms with Gasteiger partial charge in [-0.15, -0.1) is 0 Å². The molecule has 0 spiro atoms. The van der Waals surface area contributed by atoms with Gasteiger partial charge < -0.3 is 4.98 Å². The first-order valence-corrected chi connectivity index (χ1v) is 8.65. The first-order valence-electron chi connectivity index (χ1n) is 6.62. The molecule has 6 heteroatoms.